The van der Waals surface area contributed by atoms with Crippen LogP contribution >= 0.6 is 0 Å². The Bertz CT molecular complexity index is 345. The number of hydrogen-bond acceptors (Lipinski definition) is 5. The van der Waals surface area contributed by atoms with Gasteiger partial charge in [0.05, 0.1) is 13.7 Å². The van der Waals surface area contributed by atoms with Crippen molar-refractivity contribution >= 4 is 18.0 Å². The minimum atomic E-state index is -1.23. The summed E-state index contributed by atoms with van der Waals surface area (Å²) in [6.45, 7) is 3.39. The number of esters is 1. The van der Waals surface area contributed by atoms with Crippen molar-refractivity contribution in [3.05, 3.63) is 0 Å². The van der Waals surface area contributed by atoms with Crippen LogP contribution in [0.2, 0.25) is 0 Å². The molecule has 0 spiro atoms. The number of carbonyl (C=O) groups is 3. The van der Waals surface area contributed by atoms with Crippen LogP contribution in [-0.4, -0.2) is 65.4 Å². The van der Waals surface area contributed by atoms with Crippen molar-refractivity contribution in [1.29, 1.82) is 0 Å². The fraction of sp³-hybridized carbons (Fsp3) is 0.750. The molecule has 0 fully saturated rings. The number of nitrogens with zero attached hydrogens (tertiary/aromatic N) is 1. The highest BCUT2D eigenvalue weighted by molar-refractivity contribution is 5.83. The Morgan fingerprint density at radius 3 is 2.30 bits per heavy atom. The fourth-order valence-corrected chi connectivity index (χ4v) is 1.56. The van der Waals surface area contributed by atoms with Gasteiger partial charge >= 0.3 is 18.0 Å². The molecule has 0 aromatic carbocycles. The van der Waals surface area contributed by atoms with Crippen molar-refractivity contribution in [2.75, 3.05) is 20.3 Å². The number of aliphatic hydroxyl groups excluding tert-OH is 1. The van der Waals surface area contributed by atoms with Gasteiger partial charge in [-0.05, 0) is 20.3 Å². The van der Waals surface area contributed by atoms with Gasteiger partial charge in [-0.25, -0.2) is 9.59 Å². The van der Waals surface area contributed by atoms with E-state index in [-0.39, 0.29) is 32.0 Å². The average Bonchev–Trinajstić information content (AvgIpc) is 2.39. The van der Waals surface area contributed by atoms with E-state index in [4.69, 9.17) is 10.2 Å². The van der Waals surface area contributed by atoms with Crippen LogP contribution in [0.1, 0.15) is 26.7 Å². The molecular formula is C12H22N2O6. The van der Waals surface area contributed by atoms with E-state index in [0.29, 0.717) is 0 Å². The first kappa shape index (κ1) is 18.2. The van der Waals surface area contributed by atoms with Gasteiger partial charge in [0.1, 0.15) is 6.04 Å². The molecule has 2 amide bonds. The van der Waals surface area contributed by atoms with Crippen LogP contribution in [0.3, 0.4) is 0 Å². The Balaban J connectivity index is 4.60. The summed E-state index contributed by atoms with van der Waals surface area (Å²) in [5, 5.41) is 20.2. The Kier molecular flexibility index (Phi) is 8.30. The Labute approximate surface area is 117 Å². The molecule has 0 saturated carbocycles. The molecule has 0 unspecified atom stereocenters. The zero-order valence-electron chi connectivity index (χ0n) is 12.0. The number of aliphatic hydroxyl groups is 1. The van der Waals surface area contributed by atoms with Gasteiger partial charge < -0.3 is 25.2 Å². The third-order valence-corrected chi connectivity index (χ3v) is 2.69. The minimum Gasteiger partial charge on any atom is -0.480 e. The van der Waals surface area contributed by atoms with Crippen LogP contribution in [0.5, 0.6) is 0 Å². The predicted octanol–water partition coefficient (Wildman–Crippen LogP) is -0.195. The molecular weight excluding hydrogens is 268 g/mol. The third kappa shape index (κ3) is 6.37. The van der Waals surface area contributed by atoms with Gasteiger partial charge in [0.25, 0.3) is 0 Å². The van der Waals surface area contributed by atoms with E-state index in [0.717, 1.165) is 0 Å². The molecule has 0 aromatic rings. The highest BCUT2D eigenvalue weighted by Crippen LogP contribution is 2.03. The van der Waals surface area contributed by atoms with Crippen LogP contribution in [-0.2, 0) is 14.3 Å². The van der Waals surface area contributed by atoms with Crippen LogP contribution in [0.15, 0.2) is 0 Å². The number of aliphatic carboxylic acids is 1. The summed E-state index contributed by atoms with van der Waals surface area (Å²) in [6, 6.07) is -1.95. The predicted molar refractivity (Wildman–Crippen MR) is 70.1 cm³/mol. The summed E-state index contributed by atoms with van der Waals surface area (Å²) in [4.78, 5) is 35.3. The molecule has 3 N–H and O–H groups in total. The summed E-state index contributed by atoms with van der Waals surface area (Å²) in [6.07, 6.45) is -0.158. The lowest BCUT2D eigenvalue weighted by molar-refractivity contribution is -0.142. The number of methoxy groups -OCH3 is 1. The number of carboxylic acids is 1. The van der Waals surface area contributed by atoms with Crippen molar-refractivity contribution in [2.24, 2.45) is 0 Å². The van der Waals surface area contributed by atoms with E-state index in [1.807, 2.05) is 0 Å². The maximum atomic E-state index is 11.9. The van der Waals surface area contributed by atoms with Gasteiger partial charge in [0.15, 0.2) is 0 Å². The average molecular weight is 290 g/mol. The van der Waals surface area contributed by atoms with E-state index < -0.39 is 24.0 Å². The number of ether oxygens (including phenoxy) is 1. The second kappa shape index (κ2) is 9.13. The number of urea groups is 1. The SMILES string of the molecule is COC(=O)CC[C@H](NC(=O)N(CCO)C(C)C)C(=O)O. The van der Waals surface area contributed by atoms with Crippen molar-refractivity contribution < 1.29 is 29.3 Å². The van der Waals surface area contributed by atoms with Crippen molar-refractivity contribution in [3.63, 3.8) is 0 Å². The standard InChI is InChI=1S/C12H22N2O6/c1-8(2)14(6-7-15)12(19)13-9(11(17)18)4-5-10(16)20-3/h8-9,15H,4-7H2,1-3H3,(H,13,19)(H,17,18)/t9-/m0/s1. The third-order valence-electron chi connectivity index (χ3n) is 2.69. The molecule has 0 aliphatic carbocycles. The number of hydrogen-bond donors (Lipinski definition) is 3. The number of carboxylic acid groups (broad SMARTS) is 1. The van der Waals surface area contributed by atoms with Gasteiger partial charge in [-0.2, -0.15) is 0 Å². The van der Waals surface area contributed by atoms with Crippen LogP contribution in [0.4, 0.5) is 4.79 Å². The number of nitrogens with one attached hydrogen (secondary N) is 1. The minimum absolute atomic E-state index is 0.0567. The molecule has 0 aliphatic rings. The second-order valence-electron chi connectivity index (χ2n) is 4.47. The molecule has 0 radical (unpaired) electrons. The van der Waals surface area contributed by atoms with Crippen molar-refractivity contribution in [2.45, 2.75) is 38.8 Å². The Morgan fingerprint density at radius 1 is 1.30 bits per heavy atom. The first-order valence-corrected chi connectivity index (χ1v) is 6.31. The topological polar surface area (TPSA) is 116 Å². The molecule has 8 nitrogen and oxygen atoms in total. The molecule has 0 aliphatic heterocycles. The quantitative estimate of drug-likeness (QED) is 0.533. The van der Waals surface area contributed by atoms with E-state index in [2.05, 4.69) is 10.1 Å². The zero-order valence-corrected chi connectivity index (χ0v) is 12.0. The van der Waals surface area contributed by atoms with Crippen LogP contribution in [0.25, 0.3) is 0 Å². The van der Waals surface area contributed by atoms with E-state index in [1.165, 1.54) is 12.0 Å². The van der Waals surface area contributed by atoms with Gasteiger partial charge in [-0.3, -0.25) is 4.79 Å². The molecule has 116 valence electrons. The van der Waals surface area contributed by atoms with E-state index >= 15 is 0 Å². The number of rotatable bonds is 8. The van der Waals surface area contributed by atoms with Gasteiger partial charge in [0.2, 0.25) is 0 Å². The van der Waals surface area contributed by atoms with E-state index in [9.17, 15) is 14.4 Å². The van der Waals surface area contributed by atoms with Gasteiger partial charge in [0, 0.05) is 19.0 Å². The summed E-state index contributed by atoms with van der Waals surface area (Å²) in [5.74, 6) is -1.77. The molecule has 0 heterocycles. The van der Waals surface area contributed by atoms with Crippen molar-refractivity contribution in [1.82, 2.24) is 10.2 Å². The normalized spacial score (nSPS) is 11.8. The lowest BCUT2D eigenvalue weighted by Gasteiger charge is -2.27. The maximum absolute atomic E-state index is 11.9. The van der Waals surface area contributed by atoms with Gasteiger partial charge in [-0.1, -0.05) is 0 Å². The lowest BCUT2D eigenvalue weighted by atomic mass is 10.1. The molecule has 8 heteroatoms. The Hall–Kier alpha value is -1.83. The second-order valence-corrected chi connectivity index (χ2v) is 4.47. The maximum Gasteiger partial charge on any atom is 0.326 e. The van der Waals surface area contributed by atoms with Crippen molar-refractivity contribution in [3.8, 4) is 0 Å². The Morgan fingerprint density at radius 2 is 1.90 bits per heavy atom. The van der Waals surface area contributed by atoms with Gasteiger partial charge in [-0.15, -0.1) is 0 Å². The molecule has 1 atom stereocenters. The van der Waals surface area contributed by atoms with Crippen LogP contribution in [0, 0.1) is 0 Å². The molecule has 0 aromatic heterocycles. The highest BCUT2D eigenvalue weighted by atomic mass is 16.5. The first-order chi connectivity index (χ1) is 9.33. The van der Waals surface area contributed by atoms with E-state index in [1.54, 1.807) is 13.8 Å². The summed E-state index contributed by atoms with van der Waals surface area (Å²) >= 11 is 0. The smallest absolute Gasteiger partial charge is 0.326 e. The largest absolute Gasteiger partial charge is 0.480 e. The zero-order chi connectivity index (χ0) is 15.7. The van der Waals surface area contributed by atoms with Crippen LogP contribution < -0.4 is 5.32 Å². The summed E-state index contributed by atoms with van der Waals surface area (Å²) < 4.78 is 4.42. The fourth-order valence-electron chi connectivity index (χ4n) is 1.56. The summed E-state index contributed by atoms with van der Waals surface area (Å²) in [5.41, 5.74) is 0. The lowest BCUT2D eigenvalue weighted by Crippen LogP contribution is -2.51. The number of carbonyl (C=O) groups excluding carboxylic acids is 2. The number of amides is 2. The highest BCUT2D eigenvalue weighted by Gasteiger charge is 2.25. The molecule has 0 saturated heterocycles. The monoisotopic (exact) mass is 290 g/mol. The summed E-state index contributed by atoms with van der Waals surface area (Å²) in [7, 11) is 1.21. The molecule has 0 bridgehead atoms. The molecule has 20 heavy (non-hydrogen) atoms. The molecule has 0 rings (SSSR count). The first-order valence-electron chi connectivity index (χ1n) is 6.31.